The van der Waals surface area contributed by atoms with E-state index in [9.17, 15) is 4.39 Å². The number of benzene rings is 1. The largest absolute Gasteiger partial charge is 0.473 e. The van der Waals surface area contributed by atoms with Crippen LogP contribution in [0.25, 0.3) is 15.9 Å². The van der Waals surface area contributed by atoms with E-state index >= 15 is 0 Å². The standard InChI is InChI=1S/C30H30FN5O2S/c1-2-24-15-27-30(39-24)36(17-23-10-13-37-23)28(33-27)18-35-11-8-21(9-12-35)26-4-3-5-29(34-26)38-19-22-7-6-20(16-32)14-25(22)31/h3-8,14-15,23H,2,9-13,17-19H2,1H3/t23-/m0/s1. The third-order valence-corrected chi connectivity index (χ3v) is 8.64. The zero-order valence-electron chi connectivity index (χ0n) is 21.9. The second kappa shape index (κ2) is 11.3. The van der Waals surface area contributed by atoms with Gasteiger partial charge in [0.25, 0.3) is 0 Å². The van der Waals surface area contributed by atoms with Crippen LogP contribution in [0.3, 0.4) is 0 Å². The van der Waals surface area contributed by atoms with Crippen LogP contribution in [-0.2, 0) is 30.9 Å². The third kappa shape index (κ3) is 5.59. The summed E-state index contributed by atoms with van der Waals surface area (Å²) in [6, 6.07) is 14.2. The third-order valence-electron chi connectivity index (χ3n) is 7.35. The first-order valence-corrected chi connectivity index (χ1v) is 14.2. The van der Waals surface area contributed by atoms with Crippen LogP contribution in [0, 0.1) is 17.1 Å². The number of hydrogen-bond donors (Lipinski definition) is 0. The zero-order chi connectivity index (χ0) is 26.8. The highest BCUT2D eigenvalue weighted by molar-refractivity contribution is 7.18. The molecular weight excluding hydrogens is 513 g/mol. The Bertz CT molecular complexity index is 1570. The van der Waals surface area contributed by atoms with Crippen molar-refractivity contribution in [2.45, 2.75) is 52.0 Å². The molecule has 4 aromatic rings. The summed E-state index contributed by atoms with van der Waals surface area (Å²) < 4.78 is 28.1. The minimum absolute atomic E-state index is 0.0521. The Kier molecular flexibility index (Phi) is 7.42. The number of fused-ring (bicyclic) bond motifs is 1. The SMILES string of the molecule is CCc1cc2nc(CN3CC=C(c4cccc(OCc5ccc(C#N)cc5F)n4)CC3)n(C[C@@H]3CCO3)c2s1. The maximum Gasteiger partial charge on any atom is 0.214 e. The molecule has 0 spiro atoms. The summed E-state index contributed by atoms with van der Waals surface area (Å²) in [6.45, 7) is 6.49. The summed E-state index contributed by atoms with van der Waals surface area (Å²) in [5.74, 6) is 1.10. The molecule has 0 radical (unpaired) electrons. The first-order chi connectivity index (χ1) is 19.1. The van der Waals surface area contributed by atoms with Gasteiger partial charge >= 0.3 is 0 Å². The number of imidazole rings is 1. The van der Waals surface area contributed by atoms with Crippen LogP contribution >= 0.6 is 11.3 Å². The number of rotatable bonds is 9. The van der Waals surface area contributed by atoms with Gasteiger partial charge in [0, 0.05) is 36.2 Å². The van der Waals surface area contributed by atoms with Crippen molar-refractivity contribution in [1.82, 2.24) is 19.4 Å². The minimum Gasteiger partial charge on any atom is -0.473 e. The summed E-state index contributed by atoms with van der Waals surface area (Å²) in [6.07, 6.45) is 5.54. The van der Waals surface area contributed by atoms with Crippen molar-refractivity contribution in [2.24, 2.45) is 0 Å². The molecule has 39 heavy (non-hydrogen) atoms. The minimum atomic E-state index is -0.452. The van der Waals surface area contributed by atoms with Crippen LogP contribution in [-0.4, -0.2) is 45.2 Å². The topological polar surface area (TPSA) is 76.2 Å². The Hall–Kier alpha value is -3.58. The van der Waals surface area contributed by atoms with Crippen molar-refractivity contribution < 1.29 is 13.9 Å². The number of thiophene rings is 1. The molecule has 1 saturated heterocycles. The maximum atomic E-state index is 14.2. The Labute approximate surface area is 231 Å². The van der Waals surface area contributed by atoms with Crippen LogP contribution in [0.4, 0.5) is 4.39 Å². The molecule has 1 fully saturated rings. The molecule has 2 aliphatic rings. The highest BCUT2D eigenvalue weighted by atomic mass is 32.1. The van der Waals surface area contributed by atoms with E-state index in [2.05, 4.69) is 33.5 Å². The molecule has 0 aliphatic carbocycles. The van der Waals surface area contributed by atoms with Gasteiger partial charge in [-0.15, -0.1) is 11.3 Å². The van der Waals surface area contributed by atoms with E-state index in [0.29, 0.717) is 11.4 Å². The molecule has 0 bridgehead atoms. The van der Waals surface area contributed by atoms with Crippen LogP contribution in [0.2, 0.25) is 0 Å². The quantitative estimate of drug-likeness (QED) is 0.269. The number of nitriles is 1. The maximum absolute atomic E-state index is 14.2. The van der Waals surface area contributed by atoms with Gasteiger partial charge in [-0.1, -0.05) is 25.1 Å². The Morgan fingerprint density at radius 3 is 2.85 bits per heavy atom. The average Bonchev–Trinajstić information content (AvgIpc) is 3.48. The summed E-state index contributed by atoms with van der Waals surface area (Å²) in [7, 11) is 0. The molecule has 6 rings (SSSR count). The number of halogens is 1. The number of aryl methyl sites for hydroxylation is 1. The molecular formula is C30H30FN5O2S. The van der Waals surface area contributed by atoms with E-state index in [-0.39, 0.29) is 18.3 Å². The van der Waals surface area contributed by atoms with E-state index in [0.717, 1.165) is 69.1 Å². The van der Waals surface area contributed by atoms with E-state index in [1.54, 1.807) is 18.2 Å². The molecule has 200 valence electrons. The lowest BCUT2D eigenvalue weighted by atomic mass is 10.0. The lowest BCUT2D eigenvalue weighted by Crippen LogP contribution is -2.33. The van der Waals surface area contributed by atoms with E-state index in [1.165, 1.54) is 21.3 Å². The molecule has 1 aromatic carbocycles. The zero-order valence-corrected chi connectivity index (χ0v) is 22.7. The fourth-order valence-electron chi connectivity index (χ4n) is 4.97. The average molecular weight is 544 g/mol. The highest BCUT2D eigenvalue weighted by Crippen LogP contribution is 2.30. The van der Waals surface area contributed by atoms with Gasteiger partial charge in [-0.2, -0.15) is 5.26 Å². The van der Waals surface area contributed by atoms with Crippen LogP contribution in [0.15, 0.2) is 48.5 Å². The molecule has 2 aliphatic heterocycles. The molecule has 0 amide bonds. The first kappa shape index (κ1) is 25.7. The van der Waals surface area contributed by atoms with Crippen LogP contribution in [0.1, 0.15) is 47.3 Å². The van der Waals surface area contributed by atoms with Gasteiger partial charge in [0.15, 0.2) is 0 Å². The molecule has 7 nitrogen and oxygen atoms in total. The predicted molar refractivity (Wildman–Crippen MR) is 149 cm³/mol. The highest BCUT2D eigenvalue weighted by Gasteiger charge is 2.24. The van der Waals surface area contributed by atoms with Gasteiger partial charge in [-0.25, -0.2) is 14.4 Å². The van der Waals surface area contributed by atoms with Gasteiger partial charge < -0.3 is 14.0 Å². The summed E-state index contributed by atoms with van der Waals surface area (Å²) in [4.78, 5) is 14.7. The van der Waals surface area contributed by atoms with Crippen molar-refractivity contribution >= 4 is 27.3 Å². The lowest BCUT2D eigenvalue weighted by molar-refractivity contribution is -0.0591. The summed E-state index contributed by atoms with van der Waals surface area (Å²) in [5, 5.41) is 8.92. The fourth-order valence-corrected chi connectivity index (χ4v) is 6.04. The molecule has 9 heteroatoms. The van der Waals surface area contributed by atoms with E-state index < -0.39 is 5.82 Å². The van der Waals surface area contributed by atoms with E-state index in [4.69, 9.17) is 19.7 Å². The number of nitrogens with zero attached hydrogens (tertiary/aromatic N) is 5. The van der Waals surface area contributed by atoms with Gasteiger partial charge in [0.05, 0.1) is 36.5 Å². The van der Waals surface area contributed by atoms with Crippen LogP contribution < -0.4 is 4.74 Å². The fraction of sp³-hybridized carbons (Fsp3) is 0.367. The van der Waals surface area contributed by atoms with Gasteiger partial charge in [-0.3, -0.25) is 4.90 Å². The van der Waals surface area contributed by atoms with Crippen molar-refractivity contribution in [3.8, 4) is 11.9 Å². The van der Waals surface area contributed by atoms with Gasteiger partial charge in [0.2, 0.25) is 5.88 Å². The van der Waals surface area contributed by atoms with Crippen molar-refractivity contribution in [3.63, 3.8) is 0 Å². The smallest absolute Gasteiger partial charge is 0.214 e. The van der Waals surface area contributed by atoms with Gasteiger partial charge in [-0.05, 0) is 49.1 Å². The number of hydrogen-bond acceptors (Lipinski definition) is 7. The summed E-state index contributed by atoms with van der Waals surface area (Å²) in [5.41, 5.74) is 3.84. The Morgan fingerprint density at radius 1 is 1.23 bits per heavy atom. The Morgan fingerprint density at radius 2 is 2.13 bits per heavy atom. The second-order valence-electron chi connectivity index (χ2n) is 9.96. The molecule has 5 heterocycles. The van der Waals surface area contributed by atoms with Crippen molar-refractivity contribution in [3.05, 3.63) is 81.9 Å². The first-order valence-electron chi connectivity index (χ1n) is 13.4. The van der Waals surface area contributed by atoms with Crippen molar-refractivity contribution in [2.75, 3.05) is 19.7 Å². The molecule has 0 unspecified atom stereocenters. The normalized spacial score (nSPS) is 17.6. The molecule has 0 saturated carbocycles. The van der Waals surface area contributed by atoms with Crippen LogP contribution in [0.5, 0.6) is 5.88 Å². The van der Waals surface area contributed by atoms with E-state index in [1.807, 2.05) is 29.5 Å². The predicted octanol–water partition coefficient (Wildman–Crippen LogP) is 5.72. The number of ether oxygens (including phenoxy) is 2. The molecule has 1 atom stereocenters. The second-order valence-corrected chi connectivity index (χ2v) is 11.1. The summed E-state index contributed by atoms with van der Waals surface area (Å²) >= 11 is 1.85. The molecule has 0 N–H and O–H groups in total. The Balaban J connectivity index is 1.11. The van der Waals surface area contributed by atoms with Crippen molar-refractivity contribution in [1.29, 1.82) is 5.26 Å². The lowest BCUT2D eigenvalue weighted by Gasteiger charge is -2.29. The number of pyridine rings is 1. The number of aromatic nitrogens is 3. The molecule has 3 aromatic heterocycles. The van der Waals surface area contributed by atoms with Gasteiger partial charge in [0.1, 0.15) is 28.6 Å². The monoisotopic (exact) mass is 543 g/mol.